The Morgan fingerprint density at radius 2 is 2.13 bits per heavy atom. The van der Waals surface area contributed by atoms with E-state index >= 15 is 0 Å². The van der Waals surface area contributed by atoms with Crippen molar-refractivity contribution in [3.8, 4) is 0 Å². The second-order valence-corrected chi connectivity index (χ2v) is 8.63. The molecule has 2 aromatic rings. The lowest BCUT2D eigenvalue weighted by molar-refractivity contribution is -0.389. The molecule has 3 rings (SSSR count). The first-order valence-electron chi connectivity index (χ1n) is 10.1. The van der Waals surface area contributed by atoms with Crippen LogP contribution in [0.3, 0.4) is 0 Å². The average Bonchev–Trinajstić information content (AvgIpc) is 3.26. The van der Waals surface area contributed by atoms with Gasteiger partial charge in [0.25, 0.3) is 0 Å². The minimum absolute atomic E-state index is 0.201. The van der Waals surface area contributed by atoms with Gasteiger partial charge in [0.2, 0.25) is 5.91 Å². The van der Waals surface area contributed by atoms with Gasteiger partial charge in [-0.15, -0.1) is 11.3 Å². The Hall–Kier alpha value is -2.75. The number of nitro groups is 1. The van der Waals surface area contributed by atoms with Gasteiger partial charge in [-0.05, 0) is 49.5 Å². The first-order valence-corrected chi connectivity index (χ1v) is 10.9. The summed E-state index contributed by atoms with van der Waals surface area (Å²) in [4.78, 5) is 37.0. The zero-order valence-electron chi connectivity index (χ0n) is 17.4. The van der Waals surface area contributed by atoms with E-state index in [1.807, 2.05) is 6.92 Å². The lowest BCUT2D eigenvalue weighted by atomic mass is 9.95. The summed E-state index contributed by atoms with van der Waals surface area (Å²) >= 11 is 1.44. The van der Waals surface area contributed by atoms with Crippen molar-refractivity contribution in [1.82, 2.24) is 9.78 Å². The molecule has 30 heavy (non-hydrogen) atoms. The number of aryl methyl sites for hydroxylation is 2. The molecule has 1 unspecified atom stereocenters. The molecule has 0 aliphatic heterocycles. The second-order valence-electron chi connectivity index (χ2n) is 7.52. The van der Waals surface area contributed by atoms with Crippen LogP contribution < -0.4 is 5.32 Å². The second kappa shape index (κ2) is 9.38. The third-order valence-electron chi connectivity index (χ3n) is 5.10. The van der Waals surface area contributed by atoms with Crippen LogP contribution in [0.2, 0.25) is 0 Å². The molecule has 0 fully saturated rings. The van der Waals surface area contributed by atoms with Crippen molar-refractivity contribution in [3.05, 3.63) is 37.9 Å². The van der Waals surface area contributed by atoms with Gasteiger partial charge in [-0.2, -0.15) is 4.68 Å². The molecule has 1 aliphatic carbocycles. The highest BCUT2D eigenvalue weighted by molar-refractivity contribution is 7.17. The van der Waals surface area contributed by atoms with E-state index in [-0.39, 0.29) is 18.3 Å². The molecule has 0 bridgehead atoms. The number of nitrogens with one attached hydrogen (secondary N) is 1. The van der Waals surface area contributed by atoms with Crippen molar-refractivity contribution in [2.45, 2.75) is 59.4 Å². The smallest absolute Gasteiger partial charge is 0.390 e. The van der Waals surface area contributed by atoms with Crippen molar-refractivity contribution in [1.29, 1.82) is 0 Å². The van der Waals surface area contributed by atoms with Crippen LogP contribution in [-0.2, 0) is 28.9 Å². The fraction of sp³-hybridized carbons (Fsp3) is 0.550. The molecular formula is C20H26N4O5S. The van der Waals surface area contributed by atoms with Crippen molar-refractivity contribution in [2.24, 2.45) is 5.92 Å². The molecule has 1 aliphatic rings. The van der Waals surface area contributed by atoms with Gasteiger partial charge >= 0.3 is 11.8 Å². The molecule has 9 nitrogen and oxygen atoms in total. The van der Waals surface area contributed by atoms with E-state index in [0.717, 1.165) is 42.5 Å². The number of hydrogen-bond acceptors (Lipinski definition) is 7. The Morgan fingerprint density at radius 1 is 1.40 bits per heavy atom. The number of carbonyl (C=O) groups is 2. The lowest BCUT2D eigenvalue weighted by Crippen LogP contribution is -2.26. The molecule has 2 heterocycles. The van der Waals surface area contributed by atoms with Gasteiger partial charge < -0.3 is 20.2 Å². The minimum Gasteiger partial charge on any atom is -0.462 e. The van der Waals surface area contributed by atoms with Crippen LogP contribution in [0.4, 0.5) is 10.8 Å². The van der Waals surface area contributed by atoms with E-state index in [1.165, 1.54) is 22.1 Å². The summed E-state index contributed by atoms with van der Waals surface area (Å²) in [6.45, 7) is 5.91. The van der Waals surface area contributed by atoms with Crippen LogP contribution in [0, 0.1) is 23.0 Å². The molecule has 162 valence electrons. The molecule has 1 amide bonds. The van der Waals surface area contributed by atoms with Gasteiger partial charge in [-0.3, -0.25) is 4.79 Å². The fourth-order valence-corrected chi connectivity index (χ4v) is 4.76. The number of anilines is 1. The molecule has 1 N–H and O–H groups in total. The summed E-state index contributed by atoms with van der Waals surface area (Å²) in [7, 11) is 0. The van der Waals surface area contributed by atoms with Gasteiger partial charge in [0.05, 0.1) is 41.5 Å². The summed E-state index contributed by atoms with van der Waals surface area (Å²) < 4.78 is 6.82. The molecule has 0 radical (unpaired) electrons. The summed E-state index contributed by atoms with van der Waals surface area (Å²) in [6.07, 6.45) is 4.52. The Labute approximate surface area is 178 Å². The lowest BCUT2D eigenvalue weighted by Gasteiger charge is -2.13. The number of esters is 1. The monoisotopic (exact) mass is 434 g/mol. The Balaban J connectivity index is 1.78. The zero-order valence-corrected chi connectivity index (χ0v) is 18.2. The summed E-state index contributed by atoms with van der Waals surface area (Å²) in [5.41, 5.74) is 2.08. The van der Waals surface area contributed by atoms with Crippen molar-refractivity contribution < 1.29 is 19.2 Å². The van der Waals surface area contributed by atoms with Crippen LogP contribution in [-0.4, -0.2) is 33.2 Å². The highest BCUT2D eigenvalue weighted by Crippen LogP contribution is 2.38. The first kappa shape index (κ1) is 21.9. The van der Waals surface area contributed by atoms with Crippen LogP contribution >= 0.6 is 11.3 Å². The van der Waals surface area contributed by atoms with Gasteiger partial charge in [-0.1, -0.05) is 13.8 Å². The number of ether oxygens (including phenoxy) is 1. The molecule has 0 saturated heterocycles. The Bertz CT molecular complexity index is 965. The molecular weight excluding hydrogens is 408 g/mol. The number of hydrogen-bond donors (Lipinski definition) is 1. The van der Waals surface area contributed by atoms with Gasteiger partial charge in [0.15, 0.2) is 0 Å². The van der Waals surface area contributed by atoms with E-state index < -0.39 is 16.8 Å². The third kappa shape index (κ3) is 4.69. The number of carbonyl (C=O) groups excluding carboxylic acids is 2. The quantitative estimate of drug-likeness (QED) is 0.383. The Morgan fingerprint density at radius 3 is 2.80 bits per heavy atom. The summed E-state index contributed by atoms with van der Waals surface area (Å²) in [5.74, 6) is -1.40. The molecule has 0 spiro atoms. The summed E-state index contributed by atoms with van der Waals surface area (Å²) in [6, 6.07) is 1.37. The van der Waals surface area contributed by atoms with Crippen LogP contribution in [0.5, 0.6) is 0 Å². The predicted molar refractivity (Wildman–Crippen MR) is 113 cm³/mol. The van der Waals surface area contributed by atoms with Gasteiger partial charge in [0, 0.05) is 4.88 Å². The number of thiophene rings is 1. The highest BCUT2D eigenvalue weighted by Gasteiger charge is 2.29. The van der Waals surface area contributed by atoms with Crippen molar-refractivity contribution in [2.75, 3.05) is 11.9 Å². The molecule has 0 aromatic carbocycles. The average molecular weight is 435 g/mol. The van der Waals surface area contributed by atoms with E-state index in [0.29, 0.717) is 22.9 Å². The normalized spacial score (nSPS) is 14.1. The number of nitrogens with zero attached hydrogens (tertiary/aromatic N) is 3. The molecule has 2 aromatic heterocycles. The van der Waals surface area contributed by atoms with E-state index in [1.54, 1.807) is 13.8 Å². The van der Waals surface area contributed by atoms with E-state index in [9.17, 15) is 19.7 Å². The maximum Gasteiger partial charge on any atom is 0.390 e. The van der Waals surface area contributed by atoms with Gasteiger partial charge in [0.1, 0.15) is 5.00 Å². The third-order valence-corrected chi connectivity index (χ3v) is 6.31. The first-order chi connectivity index (χ1) is 14.3. The standard InChI is InChI=1S/C20H26N4O5S/c1-4-9-29-20(26)17-14-7-5-6-8-15(14)30-19(17)21-18(25)12(2)11-23-13(3)10-16(22-23)24(27)28/h10,12H,4-9,11H2,1-3H3,(H,21,25). The van der Waals surface area contributed by atoms with Crippen LogP contribution in [0.15, 0.2) is 6.07 Å². The van der Waals surface area contributed by atoms with Crippen LogP contribution in [0.25, 0.3) is 0 Å². The summed E-state index contributed by atoms with van der Waals surface area (Å²) in [5, 5.41) is 18.3. The van der Waals surface area contributed by atoms with Gasteiger partial charge in [-0.25, -0.2) is 4.79 Å². The predicted octanol–water partition coefficient (Wildman–Crippen LogP) is 3.88. The molecule has 1 atom stereocenters. The maximum absolute atomic E-state index is 12.8. The fourth-order valence-electron chi connectivity index (χ4n) is 3.48. The zero-order chi connectivity index (χ0) is 21.8. The Kier molecular flexibility index (Phi) is 6.86. The number of fused-ring (bicyclic) bond motifs is 1. The largest absolute Gasteiger partial charge is 0.462 e. The number of amides is 1. The van der Waals surface area contributed by atoms with Crippen molar-refractivity contribution in [3.63, 3.8) is 0 Å². The number of rotatable bonds is 8. The van der Waals surface area contributed by atoms with E-state index in [2.05, 4.69) is 10.4 Å². The minimum atomic E-state index is -0.557. The maximum atomic E-state index is 12.8. The molecule has 10 heteroatoms. The highest BCUT2D eigenvalue weighted by atomic mass is 32.1. The molecule has 0 saturated carbocycles. The van der Waals surface area contributed by atoms with E-state index in [4.69, 9.17) is 4.74 Å². The van der Waals surface area contributed by atoms with Crippen molar-refractivity contribution >= 4 is 34.0 Å². The van der Waals surface area contributed by atoms with Crippen LogP contribution in [0.1, 0.15) is 59.6 Å². The number of aromatic nitrogens is 2. The topological polar surface area (TPSA) is 116 Å². The SMILES string of the molecule is CCCOC(=O)c1c(NC(=O)C(C)Cn2nc([N+](=O)[O-])cc2C)sc2c1CCCC2.